The van der Waals surface area contributed by atoms with Crippen molar-refractivity contribution < 1.29 is 13.2 Å². The number of likely N-dealkylation sites (tertiary alicyclic amines) is 1. The first kappa shape index (κ1) is 17.9. The van der Waals surface area contributed by atoms with Crippen molar-refractivity contribution >= 4 is 16.1 Å². The topological polar surface area (TPSA) is 69.7 Å². The number of carbonyl (C=O) groups excluding carboxylic acids is 1. The Morgan fingerprint density at radius 2 is 1.96 bits per heavy atom. The lowest BCUT2D eigenvalue weighted by Gasteiger charge is -2.20. The van der Waals surface area contributed by atoms with Crippen LogP contribution in [0.4, 0.5) is 0 Å². The van der Waals surface area contributed by atoms with E-state index in [9.17, 15) is 13.2 Å². The summed E-state index contributed by atoms with van der Waals surface area (Å²) in [5.41, 5.74) is 1.89. The van der Waals surface area contributed by atoms with Crippen molar-refractivity contribution in [1.82, 2.24) is 13.9 Å². The SMILES string of the molecule is CCCN(C)S(=O)(=O)NCc1ccccc1CN1CCCC1=O. The lowest BCUT2D eigenvalue weighted by atomic mass is 10.1. The van der Waals surface area contributed by atoms with Gasteiger partial charge in [-0.2, -0.15) is 17.4 Å². The highest BCUT2D eigenvalue weighted by Gasteiger charge is 2.21. The van der Waals surface area contributed by atoms with E-state index < -0.39 is 10.2 Å². The van der Waals surface area contributed by atoms with Crippen molar-refractivity contribution in [2.45, 2.75) is 39.3 Å². The Kier molecular flexibility index (Phi) is 6.15. The summed E-state index contributed by atoms with van der Waals surface area (Å²) in [4.78, 5) is 13.6. The van der Waals surface area contributed by atoms with Gasteiger partial charge in [0.25, 0.3) is 10.2 Å². The average molecular weight is 339 g/mol. The molecule has 0 atom stereocenters. The van der Waals surface area contributed by atoms with E-state index in [1.165, 1.54) is 4.31 Å². The van der Waals surface area contributed by atoms with Crippen molar-refractivity contribution in [1.29, 1.82) is 0 Å². The van der Waals surface area contributed by atoms with Crippen LogP contribution in [0.5, 0.6) is 0 Å². The number of carbonyl (C=O) groups is 1. The van der Waals surface area contributed by atoms with Gasteiger partial charge < -0.3 is 4.90 Å². The van der Waals surface area contributed by atoms with Gasteiger partial charge in [-0.05, 0) is 24.0 Å². The van der Waals surface area contributed by atoms with Gasteiger partial charge in [-0.1, -0.05) is 31.2 Å². The number of benzene rings is 1. The van der Waals surface area contributed by atoms with Gasteiger partial charge >= 0.3 is 0 Å². The zero-order chi connectivity index (χ0) is 16.9. The van der Waals surface area contributed by atoms with E-state index in [4.69, 9.17) is 0 Å². The first-order valence-electron chi connectivity index (χ1n) is 7.99. The fourth-order valence-electron chi connectivity index (χ4n) is 2.68. The summed E-state index contributed by atoms with van der Waals surface area (Å²) < 4.78 is 28.3. The maximum atomic E-state index is 12.2. The van der Waals surface area contributed by atoms with Gasteiger partial charge in [0.05, 0.1) is 0 Å². The molecule has 0 saturated carbocycles. The monoisotopic (exact) mass is 339 g/mol. The molecule has 0 radical (unpaired) electrons. The summed E-state index contributed by atoms with van der Waals surface area (Å²) in [6.45, 7) is 3.97. The molecule has 1 aromatic carbocycles. The molecular weight excluding hydrogens is 314 g/mol. The van der Waals surface area contributed by atoms with Crippen LogP contribution in [0.3, 0.4) is 0 Å². The first-order chi connectivity index (χ1) is 10.9. The fraction of sp³-hybridized carbons (Fsp3) is 0.562. The zero-order valence-electron chi connectivity index (χ0n) is 13.8. The average Bonchev–Trinajstić information content (AvgIpc) is 2.92. The second-order valence-corrected chi connectivity index (χ2v) is 7.70. The molecule has 1 aliphatic rings. The summed E-state index contributed by atoms with van der Waals surface area (Å²) >= 11 is 0. The minimum atomic E-state index is -3.47. The van der Waals surface area contributed by atoms with E-state index in [-0.39, 0.29) is 12.5 Å². The lowest BCUT2D eigenvalue weighted by molar-refractivity contribution is -0.128. The molecule has 0 aromatic heterocycles. The van der Waals surface area contributed by atoms with E-state index in [1.807, 2.05) is 36.1 Å². The summed E-state index contributed by atoms with van der Waals surface area (Å²) in [7, 11) is -1.90. The van der Waals surface area contributed by atoms with Crippen molar-refractivity contribution in [2.24, 2.45) is 0 Å². The van der Waals surface area contributed by atoms with Gasteiger partial charge in [0, 0.05) is 39.6 Å². The predicted octanol–water partition coefficient (Wildman–Crippen LogP) is 1.49. The Hall–Kier alpha value is -1.44. The van der Waals surface area contributed by atoms with Gasteiger partial charge in [-0.3, -0.25) is 4.79 Å². The molecular formula is C16H25N3O3S. The van der Waals surface area contributed by atoms with Gasteiger partial charge in [-0.25, -0.2) is 0 Å². The zero-order valence-corrected chi connectivity index (χ0v) is 14.6. The second kappa shape index (κ2) is 7.90. The molecule has 128 valence electrons. The Bertz CT molecular complexity index is 646. The molecule has 23 heavy (non-hydrogen) atoms. The highest BCUT2D eigenvalue weighted by Crippen LogP contribution is 2.17. The Morgan fingerprint density at radius 1 is 1.26 bits per heavy atom. The third-order valence-electron chi connectivity index (χ3n) is 4.04. The normalized spacial score (nSPS) is 15.6. The predicted molar refractivity (Wildman–Crippen MR) is 89.8 cm³/mol. The van der Waals surface area contributed by atoms with Crippen LogP contribution in [0.2, 0.25) is 0 Å². The number of nitrogens with zero attached hydrogens (tertiary/aromatic N) is 2. The highest BCUT2D eigenvalue weighted by molar-refractivity contribution is 7.87. The number of nitrogens with one attached hydrogen (secondary N) is 1. The summed E-state index contributed by atoms with van der Waals surface area (Å²) in [6.07, 6.45) is 2.27. The third kappa shape index (κ3) is 4.76. The minimum absolute atomic E-state index is 0.170. The van der Waals surface area contributed by atoms with E-state index >= 15 is 0 Å². The van der Waals surface area contributed by atoms with Crippen molar-refractivity contribution in [3.8, 4) is 0 Å². The second-order valence-electron chi connectivity index (χ2n) is 5.84. The maximum Gasteiger partial charge on any atom is 0.279 e. The third-order valence-corrected chi connectivity index (χ3v) is 5.56. The van der Waals surface area contributed by atoms with Crippen LogP contribution in [0, 0.1) is 0 Å². The van der Waals surface area contributed by atoms with E-state index in [0.29, 0.717) is 19.5 Å². The van der Waals surface area contributed by atoms with Gasteiger partial charge in [0.1, 0.15) is 0 Å². The largest absolute Gasteiger partial charge is 0.338 e. The molecule has 0 unspecified atom stereocenters. The molecule has 1 amide bonds. The smallest absolute Gasteiger partial charge is 0.279 e. The Morgan fingerprint density at radius 3 is 2.57 bits per heavy atom. The van der Waals surface area contributed by atoms with E-state index in [1.54, 1.807) is 7.05 Å². The van der Waals surface area contributed by atoms with Crippen LogP contribution in [0.1, 0.15) is 37.3 Å². The van der Waals surface area contributed by atoms with E-state index in [0.717, 1.165) is 30.5 Å². The van der Waals surface area contributed by atoms with Crippen LogP contribution in [0.25, 0.3) is 0 Å². The van der Waals surface area contributed by atoms with Gasteiger partial charge in [0.2, 0.25) is 5.91 Å². The standard InChI is InChI=1S/C16H25N3O3S/c1-3-10-18(2)23(21,22)17-12-14-7-4-5-8-15(14)13-19-11-6-9-16(19)20/h4-5,7-8,17H,3,6,9-13H2,1-2H3. The fourth-order valence-corrected chi connectivity index (χ4v) is 3.66. The van der Waals surface area contributed by atoms with E-state index in [2.05, 4.69) is 4.72 Å². The highest BCUT2D eigenvalue weighted by atomic mass is 32.2. The Balaban J connectivity index is 2.04. The Labute approximate surface area is 138 Å². The first-order valence-corrected chi connectivity index (χ1v) is 9.43. The number of rotatable bonds is 8. The molecule has 0 bridgehead atoms. The molecule has 1 aromatic rings. The van der Waals surface area contributed by atoms with Crippen LogP contribution < -0.4 is 4.72 Å². The van der Waals surface area contributed by atoms with Gasteiger partial charge in [0.15, 0.2) is 0 Å². The molecule has 1 saturated heterocycles. The molecule has 0 aliphatic carbocycles. The summed E-state index contributed by atoms with van der Waals surface area (Å²) in [6, 6.07) is 7.65. The molecule has 7 heteroatoms. The number of hydrogen-bond donors (Lipinski definition) is 1. The van der Waals surface area contributed by atoms with Gasteiger partial charge in [-0.15, -0.1) is 0 Å². The lowest BCUT2D eigenvalue weighted by Crippen LogP contribution is -2.38. The van der Waals surface area contributed by atoms with Crippen molar-refractivity contribution in [3.63, 3.8) is 0 Å². The molecule has 0 spiro atoms. The summed E-state index contributed by atoms with van der Waals surface area (Å²) in [5, 5.41) is 0. The number of amides is 1. The van der Waals surface area contributed by atoms with Crippen molar-refractivity contribution in [2.75, 3.05) is 20.1 Å². The summed E-state index contributed by atoms with van der Waals surface area (Å²) in [5.74, 6) is 0.170. The van der Waals surface area contributed by atoms with Crippen molar-refractivity contribution in [3.05, 3.63) is 35.4 Å². The quantitative estimate of drug-likeness (QED) is 0.780. The van der Waals surface area contributed by atoms with Crippen LogP contribution in [-0.2, 0) is 28.1 Å². The molecule has 6 nitrogen and oxygen atoms in total. The molecule has 2 rings (SSSR count). The van der Waals surface area contributed by atoms with Crippen LogP contribution in [-0.4, -0.2) is 43.7 Å². The van der Waals surface area contributed by atoms with Crippen LogP contribution >= 0.6 is 0 Å². The maximum absolute atomic E-state index is 12.2. The molecule has 1 aliphatic heterocycles. The molecule has 1 heterocycles. The van der Waals surface area contributed by atoms with Crippen LogP contribution in [0.15, 0.2) is 24.3 Å². The molecule has 1 N–H and O–H groups in total. The molecule has 1 fully saturated rings. The minimum Gasteiger partial charge on any atom is -0.338 e. The number of hydrogen-bond acceptors (Lipinski definition) is 3.